The summed E-state index contributed by atoms with van der Waals surface area (Å²) in [5.41, 5.74) is 1.23. The van der Waals surface area contributed by atoms with Crippen LogP contribution < -0.4 is 0 Å². The van der Waals surface area contributed by atoms with Crippen molar-refractivity contribution < 1.29 is 9.59 Å². The molecule has 0 atom stereocenters. The zero-order chi connectivity index (χ0) is 11.5. The maximum absolute atomic E-state index is 11.4. The van der Waals surface area contributed by atoms with Crippen LogP contribution in [-0.2, 0) is 9.59 Å². The van der Waals surface area contributed by atoms with Crippen LogP contribution in [0.1, 0.15) is 58.8 Å². The molecule has 0 aromatic heterocycles. The zero-order valence-electron chi connectivity index (χ0n) is 9.92. The molecule has 0 aromatic rings. The van der Waals surface area contributed by atoms with Crippen LogP contribution >= 0.6 is 0 Å². The van der Waals surface area contributed by atoms with Crippen LogP contribution in [0.15, 0.2) is 11.6 Å². The molecule has 0 saturated carbocycles. The van der Waals surface area contributed by atoms with E-state index < -0.39 is 0 Å². The summed E-state index contributed by atoms with van der Waals surface area (Å²) in [6, 6.07) is 0. The molecule has 0 bridgehead atoms. The fourth-order valence-corrected chi connectivity index (χ4v) is 1.46. The molecule has 0 rings (SSSR count). The molecule has 0 aliphatic heterocycles. The maximum atomic E-state index is 11.4. The van der Waals surface area contributed by atoms with Crippen LogP contribution in [0.25, 0.3) is 0 Å². The highest BCUT2D eigenvalue weighted by molar-refractivity contribution is 5.78. The summed E-state index contributed by atoms with van der Waals surface area (Å²) in [6.45, 7) is 4.06. The lowest BCUT2D eigenvalue weighted by molar-refractivity contribution is -0.119. The third kappa shape index (κ3) is 8.10. The molecular weight excluding hydrogens is 188 g/mol. The second-order valence-electron chi connectivity index (χ2n) is 3.79. The predicted molar refractivity (Wildman–Crippen MR) is 62.8 cm³/mol. The molecule has 86 valence electrons. The van der Waals surface area contributed by atoms with Crippen molar-refractivity contribution >= 4 is 12.1 Å². The van der Waals surface area contributed by atoms with E-state index in [1.54, 1.807) is 0 Å². The van der Waals surface area contributed by atoms with Crippen molar-refractivity contribution in [2.24, 2.45) is 0 Å². The molecule has 2 heteroatoms. The number of carbonyl (C=O) groups excluding carboxylic acids is 2. The molecular formula is C13H22O2. The summed E-state index contributed by atoms with van der Waals surface area (Å²) < 4.78 is 0. The number of carbonyl (C=O) groups is 2. The van der Waals surface area contributed by atoms with E-state index in [2.05, 4.69) is 6.92 Å². The molecule has 15 heavy (non-hydrogen) atoms. The first-order chi connectivity index (χ1) is 7.24. The van der Waals surface area contributed by atoms with Gasteiger partial charge in [-0.05, 0) is 26.2 Å². The first-order valence-electron chi connectivity index (χ1n) is 5.84. The molecule has 0 heterocycles. The lowest BCUT2D eigenvalue weighted by atomic mass is 10.0. The van der Waals surface area contributed by atoms with Crippen molar-refractivity contribution in [1.29, 1.82) is 0 Å². The fourth-order valence-electron chi connectivity index (χ4n) is 1.46. The minimum atomic E-state index is 0.349. The fraction of sp³-hybridized carbons (Fsp3) is 0.692. The molecule has 0 N–H and O–H groups in total. The Morgan fingerprint density at radius 2 is 1.87 bits per heavy atom. The average Bonchev–Trinajstić information content (AvgIpc) is 2.26. The molecule has 0 spiro atoms. The van der Waals surface area contributed by atoms with E-state index in [0.717, 1.165) is 32.0 Å². The number of hydrogen-bond donors (Lipinski definition) is 0. The summed E-state index contributed by atoms with van der Waals surface area (Å²) in [6.07, 6.45) is 8.58. The molecule has 0 radical (unpaired) electrons. The number of hydrogen-bond acceptors (Lipinski definition) is 2. The lowest BCUT2D eigenvalue weighted by Crippen LogP contribution is -1.98. The van der Waals surface area contributed by atoms with Crippen molar-refractivity contribution in [2.45, 2.75) is 58.8 Å². The maximum Gasteiger partial charge on any atom is 0.133 e. The number of aldehydes is 1. The van der Waals surface area contributed by atoms with Crippen LogP contribution in [0.5, 0.6) is 0 Å². The summed E-state index contributed by atoms with van der Waals surface area (Å²) in [7, 11) is 0. The van der Waals surface area contributed by atoms with Gasteiger partial charge >= 0.3 is 0 Å². The van der Waals surface area contributed by atoms with E-state index in [4.69, 9.17) is 0 Å². The third-order valence-corrected chi connectivity index (χ3v) is 2.53. The van der Waals surface area contributed by atoms with Crippen LogP contribution in [0, 0.1) is 0 Å². The summed E-state index contributed by atoms with van der Waals surface area (Å²) >= 11 is 0. The first-order valence-corrected chi connectivity index (χ1v) is 5.84. The van der Waals surface area contributed by atoms with Gasteiger partial charge in [0.15, 0.2) is 0 Å². The van der Waals surface area contributed by atoms with Gasteiger partial charge in [0.1, 0.15) is 12.1 Å². The second kappa shape index (κ2) is 9.63. The Kier molecular flexibility index (Phi) is 9.04. The standard InChI is InChI=1S/C13H22O2/c1-3-5-8-13(15)10-9-12(4-2)7-6-11-14/h4,11H,3,5-10H2,1-2H3. The lowest BCUT2D eigenvalue weighted by Gasteiger charge is -2.04. The van der Waals surface area contributed by atoms with Gasteiger partial charge in [0.25, 0.3) is 0 Å². The number of Topliss-reactive ketones (excluding diaryl/α,β-unsaturated/α-hetero) is 1. The van der Waals surface area contributed by atoms with Crippen molar-refractivity contribution in [3.05, 3.63) is 11.6 Å². The Balaban J connectivity index is 3.70. The van der Waals surface area contributed by atoms with Gasteiger partial charge in [-0.2, -0.15) is 0 Å². The highest BCUT2D eigenvalue weighted by Gasteiger charge is 2.03. The minimum absolute atomic E-state index is 0.349. The second-order valence-corrected chi connectivity index (χ2v) is 3.79. The van der Waals surface area contributed by atoms with Gasteiger partial charge in [-0.25, -0.2) is 0 Å². The van der Waals surface area contributed by atoms with E-state index in [0.29, 0.717) is 25.0 Å². The van der Waals surface area contributed by atoms with Crippen LogP contribution in [-0.4, -0.2) is 12.1 Å². The molecule has 0 amide bonds. The van der Waals surface area contributed by atoms with E-state index in [1.807, 2.05) is 13.0 Å². The highest BCUT2D eigenvalue weighted by atomic mass is 16.1. The van der Waals surface area contributed by atoms with E-state index >= 15 is 0 Å². The quantitative estimate of drug-likeness (QED) is 0.431. The topological polar surface area (TPSA) is 34.1 Å². The van der Waals surface area contributed by atoms with Crippen molar-refractivity contribution in [3.63, 3.8) is 0 Å². The van der Waals surface area contributed by atoms with Gasteiger partial charge in [-0.15, -0.1) is 0 Å². The average molecular weight is 210 g/mol. The molecule has 0 saturated heterocycles. The van der Waals surface area contributed by atoms with Gasteiger partial charge in [0.2, 0.25) is 0 Å². The van der Waals surface area contributed by atoms with Crippen molar-refractivity contribution in [2.75, 3.05) is 0 Å². The third-order valence-electron chi connectivity index (χ3n) is 2.53. The summed E-state index contributed by atoms with van der Waals surface area (Å²) in [5.74, 6) is 0.349. The van der Waals surface area contributed by atoms with Gasteiger partial charge in [0, 0.05) is 19.3 Å². The van der Waals surface area contributed by atoms with Crippen LogP contribution in [0.4, 0.5) is 0 Å². The Hall–Kier alpha value is -0.920. The Morgan fingerprint density at radius 1 is 1.13 bits per heavy atom. The smallest absolute Gasteiger partial charge is 0.133 e. The summed E-state index contributed by atoms with van der Waals surface area (Å²) in [5, 5.41) is 0. The van der Waals surface area contributed by atoms with E-state index in [-0.39, 0.29) is 0 Å². The molecule has 2 nitrogen and oxygen atoms in total. The van der Waals surface area contributed by atoms with Crippen LogP contribution in [0.3, 0.4) is 0 Å². The molecule has 0 fully saturated rings. The number of unbranched alkanes of at least 4 members (excludes halogenated alkanes) is 1. The largest absolute Gasteiger partial charge is 0.303 e. The summed E-state index contributed by atoms with van der Waals surface area (Å²) in [4.78, 5) is 21.6. The number of rotatable bonds is 9. The van der Waals surface area contributed by atoms with Gasteiger partial charge in [0.05, 0.1) is 0 Å². The van der Waals surface area contributed by atoms with Crippen LogP contribution in [0.2, 0.25) is 0 Å². The Labute approximate surface area is 92.8 Å². The predicted octanol–water partition coefficient (Wildman–Crippen LogP) is 3.45. The number of allylic oxidation sites excluding steroid dienone is 2. The van der Waals surface area contributed by atoms with E-state index in [9.17, 15) is 9.59 Å². The monoisotopic (exact) mass is 210 g/mol. The van der Waals surface area contributed by atoms with Gasteiger partial charge in [-0.3, -0.25) is 4.79 Å². The van der Waals surface area contributed by atoms with Crippen molar-refractivity contribution in [3.8, 4) is 0 Å². The Bertz CT molecular complexity index is 217. The normalized spacial score (nSPS) is 11.5. The van der Waals surface area contributed by atoms with Gasteiger partial charge < -0.3 is 4.79 Å². The van der Waals surface area contributed by atoms with E-state index in [1.165, 1.54) is 5.57 Å². The Morgan fingerprint density at radius 3 is 2.40 bits per heavy atom. The SMILES string of the molecule is CC=C(CCC=O)CCC(=O)CCCC. The highest BCUT2D eigenvalue weighted by Crippen LogP contribution is 2.13. The minimum Gasteiger partial charge on any atom is -0.303 e. The first kappa shape index (κ1) is 14.1. The molecule has 0 unspecified atom stereocenters. The molecule has 0 aliphatic carbocycles. The van der Waals surface area contributed by atoms with Gasteiger partial charge in [-0.1, -0.05) is 25.0 Å². The zero-order valence-corrected chi connectivity index (χ0v) is 9.92. The molecule has 0 aliphatic rings. The molecule has 0 aromatic carbocycles. The number of ketones is 1. The van der Waals surface area contributed by atoms with Crippen molar-refractivity contribution in [1.82, 2.24) is 0 Å².